The van der Waals surface area contributed by atoms with Gasteiger partial charge in [0.1, 0.15) is 0 Å². The molecule has 0 aromatic carbocycles. The van der Waals surface area contributed by atoms with Crippen molar-refractivity contribution >= 4 is 15.7 Å². The highest BCUT2D eigenvalue weighted by atomic mass is 32.2. The molecule has 3 aliphatic rings. The zero-order valence-corrected chi connectivity index (χ0v) is 13.9. The summed E-state index contributed by atoms with van der Waals surface area (Å²) in [6.07, 6.45) is 10.2. The van der Waals surface area contributed by atoms with Gasteiger partial charge in [-0.3, -0.25) is 9.69 Å². The summed E-state index contributed by atoms with van der Waals surface area (Å²) in [5, 5.41) is 3.06. The fraction of sp³-hybridized carbons (Fsp3) is 0.812. The van der Waals surface area contributed by atoms with Crippen LogP contribution in [0.3, 0.4) is 0 Å². The first-order chi connectivity index (χ1) is 10.6. The normalized spacial score (nSPS) is 35.4. The monoisotopic (exact) mass is 326 g/mol. The van der Waals surface area contributed by atoms with E-state index in [1.165, 1.54) is 6.42 Å². The lowest BCUT2D eigenvalue weighted by atomic mass is 9.93. The Balaban J connectivity index is 1.66. The lowest BCUT2D eigenvalue weighted by Gasteiger charge is -2.35. The third-order valence-corrected chi connectivity index (χ3v) is 6.87. The van der Waals surface area contributed by atoms with E-state index >= 15 is 0 Å². The van der Waals surface area contributed by atoms with Crippen molar-refractivity contribution in [2.24, 2.45) is 5.92 Å². The summed E-state index contributed by atoms with van der Waals surface area (Å²) in [6, 6.07) is -0.269. The van der Waals surface area contributed by atoms with Gasteiger partial charge in [-0.2, -0.15) is 0 Å². The largest absolute Gasteiger partial charge is 0.350 e. The highest BCUT2D eigenvalue weighted by molar-refractivity contribution is 7.91. The number of allylic oxidation sites excluding steroid dienone is 2. The number of carbonyl (C=O) groups is 1. The van der Waals surface area contributed by atoms with Crippen LogP contribution in [0.5, 0.6) is 0 Å². The van der Waals surface area contributed by atoms with Crippen molar-refractivity contribution in [2.45, 2.75) is 50.6 Å². The maximum Gasteiger partial charge on any atom is 0.223 e. The molecule has 2 saturated heterocycles. The fourth-order valence-electron chi connectivity index (χ4n) is 3.91. The predicted molar refractivity (Wildman–Crippen MR) is 86.3 cm³/mol. The molecule has 3 rings (SSSR count). The molecule has 0 aromatic heterocycles. The van der Waals surface area contributed by atoms with Gasteiger partial charge in [-0.25, -0.2) is 8.42 Å². The van der Waals surface area contributed by atoms with Gasteiger partial charge in [0.05, 0.1) is 17.5 Å². The quantitative estimate of drug-likeness (QED) is 0.789. The highest BCUT2D eigenvalue weighted by Gasteiger charge is 2.42. The van der Waals surface area contributed by atoms with Gasteiger partial charge in [-0.05, 0) is 45.2 Å². The van der Waals surface area contributed by atoms with Crippen LogP contribution in [0.15, 0.2) is 12.2 Å². The Bertz CT molecular complexity index is 538. The van der Waals surface area contributed by atoms with E-state index in [1.54, 1.807) is 0 Å². The fourth-order valence-corrected chi connectivity index (χ4v) is 5.86. The number of amides is 1. The van der Waals surface area contributed by atoms with E-state index in [2.05, 4.69) is 22.4 Å². The average molecular weight is 326 g/mol. The number of carbonyl (C=O) groups excluding carboxylic acids is 1. The van der Waals surface area contributed by atoms with Gasteiger partial charge in [0.2, 0.25) is 5.91 Å². The van der Waals surface area contributed by atoms with Crippen LogP contribution in [0.25, 0.3) is 0 Å². The Morgan fingerprint density at radius 2 is 1.86 bits per heavy atom. The molecule has 1 N–H and O–H groups in total. The maximum atomic E-state index is 12.4. The second-order valence-corrected chi connectivity index (χ2v) is 8.99. The minimum Gasteiger partial charge on any atom is -0.350 e. The van der Waals surface area contributed by atoms with Crippen LogP contribution in [0.2, 0.25) is 0 Å². The molecular weight excluding hydrogens is 300 g/mol. The minimum absolute atomic E-state index is 0.00955. The van der Waals surface area contributed by atoms with Gasteiger partial charge in [-0.15, -0.1) is 0 Å². The van der Waals surface area contributed by atoms with Crippen molar-refractivity contribution in [1.29, 1.82) is 0 Å². The summed E-state index contributed by atoms with van der Waals surface area (Å²) < 4.78 is 24.1. The molecule has 0 spiro atoms. The van der Waals surface area contributed by atoms with Gasteiger partial charge >= 0.3 is 0 Å². The van der Waals surface area contributed by atoms with Crippen molar-refractivity contribution in [1.82, 2.24) is 10.2 Å². The summed E-state index contributed by atoms with van der Waals surface area (Å²) in [5.41, 5.74) is 0. The van der Waals surface area contributed by atoms with Crippen LogP contribution in [0.1, 0.15) is 38.5 Å². The SMILES string of the molecule is O=C(N[C@@H]1CS(=O)(=O)C[C@H]1N1CCCCC1)[C@H]1CC=CCC1. The Kier molecular flexibility index (Phi) is 4.88. The van der Waals surface area contributed by atoms with Gasteiger partial charge in [0, 0.05) is 12.0 Å². The first-order valence-corrected chi connectivity index (χ1v) is 10.3. The first kappa shape index (κ1) is 16.0. The average Bonchev–Trinajstić information content (AvgIpc) is 2.83. The van der Waals surface area contributed by atoms with Crippen LogP contribution in [0.4, 0.5) is 0 Å². The van der Waals surface area contributed by atoms with Crippen LogP contribution >= 0.6 is 0 Å². The molecule has 0 radical (unpaired) electrons. The van der Waals surface area contributed by atoms with Crippen LogP contribution < -0.4 is 5.32 Å². The number of rotatable bonds is 3. The molecule has 2 heterocycles. The number of hydrogen-bond acceptors (Lipinski definition) is 4. The lowest BCUT2D eigenvalue weighted by Crippen LogP contribution is -2.53. The Hall–Kier alpha value is -0.880. The number of nitrogens with zero attached hydrogens (tertiary/aromatic N) is 1. The molecule has 1 aliphatic carbocycles. The third kappa shape index (κ3) is 3.71. The number of nitrogens with one attached hydrogen (secondary N) is 1. The summed E-state index contributed by atoms with van der Waals surface area (Å²) in [5.74, 6) is 0.342. The van der Waals surface area contributed by atoms with E-state index < -0.39 is 9.84 Å². The lowest BCUT2D eigenvalue weighted by molar-refractivity contribution is -0.126. The van der Waals surface area contributed by atoms with Gasteiger partial charge in [-0.1, -0.05) is 18.6 Å². The molecular formula is C16H26N2O3S. The maximum absolute atomic E-state index is 12.4. The Morgan fingerprint density at radius 1 is 1.09 bits per heavy atom. The summed E-state index contributed by atoms with van der Waals surface area (Å²) in [7, 11) is -3.04. The van der Waals surface area contributed by atoms with Gasteiger partial charge in [0.15, 0.2) is 9.84 Å². The molecule has 2 aliphatic heterocycles. The smallest absolute Gasteiger partial charge is 0.223 e. The van der Waals surface area contributed by atoms with E-state index in [9.17, 15) is 13.2 Å². The summed E-state index contributed by atoms with van der Waals surface area (Å²) >= 11 is 0. The summed E-state index contributed by atoms with van der Waals surface area (Å²) in [6.45, 7) is 1.91. The van der Waals surface area contributed by atoms with Crippen LogP contribution in [-0.2, 0) is 14.6 Å². The minimum atomic E-state index is -3.04. The van der Waals surface area contributed by atoms with Gasteiger partial charge in [0.25, 0.3) is 0 Å². The van der Waals surface area contributed by atoms with Crippen molar-refractivity contribution in [3.63, 3.8) is 0 Å². The van der Waals surface area contributed by atoms with Crippen LogP contribution in [0, 0.1) is 5.92 Å². The van der Waals surface area contributed by atoms with E-state index in [1.807, 2.05) is 0 Å². The number of likely N-dealkylation sites (tertiary alicyclic amines) is 1. The molecule has 0 saturated carbocycles. The van der Waals surface area contributed by atoms with Crippen molar-refractivity contribution in [3.05, 3.63) is 12.2 Å². The van der Waals surface area contributed by atoms with E-state index in [0.717, 1.165) is 45.2 Å². The molecule has 0 unspecified atom stereocenters. The first-order valence-electron chi connectivity index (χ1n) is 8.45. The molecule has 0 bridgehead atoms. The molecule has 3 atom stereocenters. The van der Waals surface area contributed by atoms with Crippen LogP contribution in [-0.4, -0.2) is 55.9 Å². The topological polar surface area (TPSA) is 66.5 Å². The predicted octanol–water partition coefficient (Wildman–Crippen LogP) is 1.11. The van der Waals surface area contributed by atoms with Crippen molar-refractivity contribution < 1.29 is 13.2 Å². The zero-order chi connectivity index (χ0) is 15.6. The second-order valence-electron chi connectivity index (χ2n) is 6.84. The molecule has 22 heavy (non-hydrogen) atoms. The highest BCUT2D eigenvalue weighted by Crippen LogP contribution is 2.24. The number of piperidine rings is 1. The standard InChI is InChI=1S/C16H26N2O3S/c19-16(13-7-3-1-4-8-13)17-14-11-22(20,21)12-15(14)18-9-5-2-6-10-18/h1,3,13-15H,2,4-12H2,(H,17,19)/t13-,14+,15+/m0/s1. The molecule has 2 fully saturated rings. The van der Waals surface area contributed by atoms with Crippen molar-refractivity contribution in [3.8, 4) is 0 Å². The Labute approximate surface area is 133 Å². The Morgan fingerprint density at radius 3 is 2.55 bits per heavy atom. The molecule has 1 amide bonds. The van der Waals surface area contributed by atoms with E-state index in [4.69, 9.17) is 0 Å². The molecule has 5 nitrogen and oxygen atoms in total. The molecule has 124 valence electrons. The second kappa shape index (κ2) is 6.71. The van der Waals surface area contributed by atoms with Crippen molar-refractivity contribution in [2.75, 3.05) is 24.6 Å². The molecule has 6 heteroatoms. The van der Waals surface area contributed by atoms with E-state index in [0.29, 0.717) is 0 Å². The number of sulfone groups is 1. The number of hydrogen-bond donors (Lipinski definition) is 1. The van der Waals surface area contributed by atoms with Gasteiger partial charge < -0.3 is 5.32 Å². The zero-order valence-electron chi connectivity index (χ0n) is 13.0. The van der Waals surface area contributed by atoms with E-state index in [-0.39, 0.29) is 35.4 Å². The molecule has 0 aromatic rings. The summed E-state index contributed by atoms with van der Waals surface area (Å²) in [4.78, 5) is 14.7. The third-order valence-electron chi connectivity index (χ3n) is 5.15.